The van der Waals surface area contributed by atoms with E-state index in [2.05, 4.69) is 41.8 Å². The molecule has 0 spiro atoms. The van der Waals surface area contributed by atoms with E-state index < -0.39 is 0 Å². The smallest absolute Gasteiger partial charge is 0.171 e. The Labute approximate surface area is 151 Å². The SMILES string of the molecule is CCc1ccccc1NC(=S)NC1C[C@H]2CCC[C@@H](C1)[NH+]2C1CC1. The highest BCUT2D eigenvalue weighted by Crippen LogP contribution is 2.27. The third-order valence-corrected chi connectivity index (χ3v) is 6.44. The van der Waals surface area contributed by atoms with Crippen LogP contribution in [0.25, 0.3) is 0 Å². The zero-order chi connectivity index (χ0) is 16.5. The van der Waals surface area contributed by atoms with Crippen LogP contribution in [0.5, 0.6) is 0 Å². The fourth-order valence-corrected chi connectivity index (χ4v) is 5.34. The predicted octanol–water partition coefficient (Wildman–Crippen LogP) is 2.67. The molecule has 2 heterocycles. The van der Waals surface area contributed by atoms with Crippen LogP contribution in [0.2, 0.25) is 0 Å². The van der Waals surface area contributed by atoms with Gasteiger partial charge in [0.1, 0.15) is 0 Å². The van der Waals surface area contributed by atoms with Gasteiger partial charge in [0.25, 0.3) is 0 Å². The summed E-state index contributed by atoms with van der Waals surface area (Å²) in [5.41, 5.74) is 2.48. The van der Waals surface area contributed by atoms with Crippen molar-refractivity contribution in [3.05, 3.63) is 29.8 Å². The molecule has 0 amide bonds. The van der Waals surface area contributed by atoms with Gasteiger partial charge in [-0.3, -0.25) is 0 Å². The number of hydrogen-bond donors (Lipinski definition) is 3. The lowest BCUT2D eigenvalue weighted by Gasteiger charge is -2.46. The summed E-state index contributed by atoms with van der Waals surface area (Å²) in [5, 5.41) is 7.87. The lowest BCUT2D eigenvalue weighted by atomic mass is 9.81. The first-order valence-electron chi connectivity index (χ1n) is 9.76. The van der Waals surface area contributed by atoms with Gasteiger partial charge in [-0.05, 0) is 49.5 Å². The van der Waals surface area contributed by atoms with E-state index in [4.69, 9.17) is 12.2 Å². The molecule has 2 bridgehead atoms. The molecule has 0 aromatic heterocycles. The molecule has 2 saturated heterocycles. The highest BCUT2D eigenvalue weighted by Gasteiger charge is 2.48. The Morgan fingerprint density at radius 1 is 1.08 bits per heavy atom. The number of aryl methyl sites for hydroxylation is 1. The standard InChI is InChI=1S/C20H29N3S/c1-2-14-6-3-4-9-19(14)22-20(24)21-15-12-17-7-5-8-18(13-15)23(17)16-10-11-16/h3-4,6,9,15-18H,2,5,7-8,10-13H2,1H3,(H2,21,22,24)/p+1/t15?,17-,18+. The first-order valence-corrected chi connectivity index (χ1v) is 10.2. The van der Waals surface area contributed by atoms with E-state index in [1.807, 2.05) is 4.90 Å². The van der Waals surface area contributed by atoms with E-state index in [-0.39, 0.29) is 0 Å². The Morgan fingerprint density at radius 2 is 1.79 bits per heavy atom. The largest absolute Gasteiger partial charge is 0.359 e. The molecule has 3 fully saturated rings. The number of thiocarbonyl (C=S) groups is 1. The molecule has 2 unspecified atom stereocenters. The van der Waals surface area contributed by atoms with E-state index >= 15 is 0 Å². The van der Waals surface area contributed by atoms with Gasteiger partial charge in [-0.25, -0.2) is 0 Å². The van der Waals surface area contributed by atoms with Crippen molar-refractivity contribution in [1.29, 1.82) is 0 Å². The number of fused-ring (bicyclic) bond motifs is 2. The Kier molecular flexibility index (Phi) is 4.77. The van der Waals surface area contributed by atoms with Crippen molar-refractivity contribution in [2.75, 3.05) is 5.32 Å². The zero-order valence-electron chi connectivity index (χ0n) is 14.7. The lowest BCUT2D eigenvalue weighted by molar-refractivity contribution is -0.971. The Hall–Kier alpha value is -1.13. The molecule has 3 N–H and O–H groups in total. The Bertz CT molecular complexity index is 584. The summed E-state index contributed by atoms with van der Waals surface area (Å²) < 4.78 is 0. The van der Waals surface area contributed by atoms with Gasteiger partial charge in [0, 0.05) is 37.4 Å². The first-order chi connectivity index (χ1) is 11.7. The molecule has 1 saturated carbocycles. The van der Waals surface area contributed by atoms with Crippen molar-refractivity contribution >= 4 is 23.0 Å². The second kappa shape index (κ2) is 7.01. The molecule has 4 heteroatoms. The highest BCUT2D eigenvalue weighted by atomic mass is 32.1. The number of anilines is 1. The van der Waals surface area contributed by atoms with Gasteiger partial charge in [-0.1, -0.05) is 25.1 Å². The maximum absolute atomic E-state index is 5.62. The van der Waals surface area contributed by atoms with Crippen LogP contribution >= 0.6 is 12.2 Å². The Balaban J connectivity index is 1.36. The third kappa shape index (κ3) is 3.45. The molecule has 4 rings (SSSR count). The van der Waals surface area contributed by atoms with Crippen molar-refractivity contribution < 1.29 is 4.90 Å². The van der Waals surface area contributed by atoms with Crippen LogP contribution in [0, 0.1) is 0 Å². The van der Waals surface area contributed by atoms with E-state index in [9.17, 15) is 0 Å². The van der Waals surface area contributed by atoms with Gasteiger partial charge in [-0.15, -0.1) is 0 Å². The van der Waals surface area contributed by atoms with Gasteiger partial charge in [0.15, 0.2) is 5.11 Å². The van der Waals surface area contributed by atoms with Crippen molar-refractivity contribution in [1.82, 2.24) is 5.32 Å². The minimum Gasteiger partial charge on any atom is -0.359 e. The van der Waals surface area contributed by atoms with E-state index in [1.165, 1.54) is 50.5 Å². The number of para-hydroxylation sites is 1. The number of rotatable bonds is 4. The van der Waals surface area contributed by atoms with Crippen LogP contribution in [-0.4, -0.2) is 29.3 Å². The summed E-state index contributed by atoms with van der Waals surface area (Å²) in [6, 6.07) is 11.7. The molecule has 3 aliphatic rings. The summed E-state index contributed by atoms with van der Waals surface area (Å²) >= 11 is 5.62. The van der Waals surface area contributed by atoms with E-state index in [0.29, 0.717) is 6.04 Å². The van der Waals surface area contributed by atoms with Gasteiger partial charge in [0.2, 0.25) is 0 Å². The molecule has 1 aliphatic carbocycles. The quantitative estimate of drug-likeness (QED) is 0.734. The zero-order valence-corrected chi connectivity index (χ0v) is 15.5. The molecule has 24 heavy (non-hydrogen) atoms. The minimum atomic E-state index is 0.552. The summed E-state index contributed by atoms with van der Waals surface area (Å²) in [6.07, 6.45) is 10.8. The number of quaternary nitrogens is 1. The second-order valence-corrected chi connectivity index (χ2v) is 8.28. The summed E-state index contributed by atoms with van der Waals surface area (Å²) in [4.78, 5) is 1.95. The molecule has 0 radical (unpaired) electrons. The van der Waals surface area contributed by atoms with Gasteiger partial charge in [-0.2, -0.15) is 0 Å². The van der Waals surface area contributed by atoms with Crippen molar-refractivity contribution in [3.63, 3.8) is 0 Å². The van der Waals surface area contributed by atoms with Crippen molar-refractivity contribution in [3.8, 4) is 0 Å². The molecule has 130 valence electrons. The predicted molar refractivity (Wildman–Crippen MR) is 104 cm³/mol. The van der Waals surface area contributed by atoms with Crippen molar-refractivity contribution in [2.24, 2.45) is 0 Å². The van der Waals surface area contributed by atoms with Crippen LogP contribution in [0.3, 0.4) is 0 Å². The lowest BCUT2D eigenvalue weighted by Crippen LogP contribution is -3.22. The first kappa shape index (κ1) is 16.3. The number of hydrogen-bond acceptors (Lipinski definition) is 1. The fraction of sp³-hybridized carbons (Fsp3) is 0.650. The fourth-order valence-electron chi connectivity index (χ4n) is 5.06. The molecule has 1 aromatic carbocycles. The number of piperidine rings is 2. The summed E-state index contributed by atoms with van der Waals surface area (Å²) in [6.45, 7) is 2.19. The monoisotopic (exact) mass is 344 g/mol. The van der Waals surface area contributed by atoms with Gasteiger partial charge < -0.3 is 15.5 Å². The van der Waals surface area contributed by atoms with Crippen LogP contribution in [-0.2, 0) is 6.42 Å². The van der Waals surface area contributed by atoms with Gasteiger partial charge in [0.05, 0.1) is 18.1 Å². The van der Waals surface area contributed by atoms with Gasteiger partial charge >= 0.3 is 0 Å². The normalized spacial score (nSPS) is 32.2. The van der Waals surface area contributed by atoms with Crippen LogP contribution < -0.4 is 15.5 Å². The van der Waals surface area contributed by atoms with Crippen LogP contribution in [0.1, 0.15) is 57.4 Å². The molecule has 4 atom stereocenters. The average molecular weight is 345 g/mol. The molecular weight excluding hydrogens is 314 g/mol. The minimum absolute atomic E-state index is 0.552. The molecular formula is C20H30N3S+. The topological polar surface area (TPSA) is 28.5 Å². The van der Waals surface area contributed by atoms with Crippen LogP contribution in [0.4, 0.5) is 5.69 Å². The van der Waals surface area contributed by atoms with Crippen LogP contribution in [0.15, 0.2) is 24.3 Å². The molecule has 1 aromatic rings. The highest BCUT2D eigenvalue weighted by molar-refractivity contribution is 7.80. The molecule has 2 aliphatic heterocycles. The summed E-state index contributed by atoms with van der Waals surface area (Å²) in [7, 11) is 0. The summed E-state index contributed by atoms with van der Waals surface area (Å²) in [5.74, 6) is 0. The Morgan fingerprint density at radius 3 is 2.46 bits per heavy atom. The van der Waals surface area contributed by atoms with E-state index in [1.54, 1.807) is 0 Å². The maximum atomic E-state index is 5.62. The second-order valence-electron chi connectivity index (χ2n) is 7.88. The molecule has 3 nitrogen and oxygen atoms in total. The third-order valence-electron chi connectivity index (χ3n) is 6.22. The maximum Gasteiger partial charge on any atom is 0.171 e. The van der Waals surface area contributed by atoms with Crippen molar-refractivity contribution in [2.45, 2.75) is 82.5 Å². The van der Waals surface area contributed by atoms with E-state index in [0.717, 1.165) is 35.3 Å². The number of nitrogens with one attached hydrogen (secondary N) is 3. The average Bonchev–Trinajstić information content (AvgIpc) is 3.39. The number of benzene rings is 1.